The van der Waals surface area contributed by atoms with Gasteiger partial charge in [-0.1, -0.05) is 182 Å². The van der Waals surface area contributed by atoms with E-state index >= 15 is 0 Å². The van der Waals surface area contributed by atoms with Gasteiger partial charge in [-0.3, -0.25) is 0 Å². The van der Waals surface area contributed by atoms with Gasteiger partial charge in [-0.2, -0.15) is 0 Å². The van der Waals surface area contributed by atoms with Gasteiger partial charge in [0.1, 0.15) is 0 Å². The van der Waals surface area contributed by atoms with Gasteiger partial charge in [-0.15, -0.1) is 0 Å². The summed E-state index contributed by atoms with van der Waals surface area (Å²) in [7, 11) is -5.27. The zero-order valence-electron chi connectivity index (χ0n) is 31.3. The summed E-state index contributed by atoms with van der Waals surface area (Å²) in [5.74, 6) is 0. The summed E-state index contributed by atoms with van der Waals surface area (Å²) in [5.41, 5.74) is 0. The molecule has 4 aromatic rings. The van der Waals surface area contributed by atoms with E-state index in [1.807, 2.05) is 0 Å². The maximum absolute atomic E-state index is 10.6. The van der Waals surface area contributed by atoms with Gasteiger partial charge in [-0.25, -0.2) is 0 Å². The molecule has 0 radical (unpaired) electrons. The van der Waals surface area contributed by atoms with E-state index in [1.54, 1.807) is 0 Å². The maximum Gasteiger partial charge on any atom is 0.261 e. The molecule has 4 nitrogen and oxygen atoms in total. The fraction of sp³-hybridized carbons (Fsp3) is 0.455. The fourth-order valence-electron chi connectivity index (χ4n) is 8.14. The van der Waals surface area contributed by atoms with E-state index in [0.29, 0.717) is 6.61 Å². The van der Waals surface area contributed by atoms with E-state index in [9.17, 15) is 5.11 Å². The quantitative estimate of drug-likeness (QED) is 0.0947. The first-order valence-electron chi connectivity index (χ1n) is 18.8. The highest BCUT2D eigenvalue weighted by Gasteiger charge is 2.52. The van der Waals surface area contributed by atoms with E-state index in [2.05, 4.69) is 163 Å². The Kier molecular flexibility index (Phi) is 13.1. The van der Waals surface area contributed by atoms with Crippen molar-refractivity contribution in [3.63, 3.8) is 0 Å². The minimum atomic E-state index is -2.70. The molecule has 0 saturated carbocycles. The highest BCUT2D eigenvalue weighted by atomic mass is 28.4. The summed E-state index contributed by atoms with van der Waals surface area (Å²) >= 11 is 0. The molecule has 0 aromatic heterocycles. The molecule has 0 aliphatic carbocycles. The van der Waals surface area contributed by atoms with E-state index < -0.39 is 16.6 Å². The van der Waals surface area contributed by atoms with Gasteiger partial charge in [0.25, 0.3) is 16.6 Å². The van der Waals surface area contributed by atoms with E-state index in [4.69, 9.17) is 13.6 Å². The second-order valence-corrected chi connectivity index (χ2v) is 24.7. The van der Waals surface area contributed by atoms with Crippen LogP contribution in [-0.2, 0) is 13.6 Å². The second kappa shape index (κ2) is 17.1. The Morgan fingerprint density at radius 3 is 1.44 bits per heavy atom. The van der Waals surface area contributed by atoms with Crippen LogP contribution >= 0.6 is 0 Å². The molecule has 1 aliphatic rings. The number of unbranched alkanes of at least 4 members (excludes halogenated alkanes) is 2. The summed E-state index contributed by atoms with van der Waals surface area (Å²) < 4.78 is 21.0. The first-order chi connectivity index (χ1) is 24.0. The molecule has 4 aromatic carbocycles. The van der Waals surface area contributed by atoms with Gasteiger partial charge < -0.3 is 18.7 Å². The Bertz CT molecular complexity index is 1470. The molecule has 0 bridgehead atoms. The van der Waals surface area contributed by atoms with Crippen LogP contribution in [0.25, 0.3) is 0 Å². The van der Waals surface area contributed by atoms with E-state index in [-0.39, 0.29) is 35.0 Å². The third-order valence-electron chi connectivity index (χ3n) is 10.6. The number of benzene rings is 4. The van der Waals surface area contributed by atoms with Crippen molar-refractivity contribution in [2.24, 2.45) is 0 Å². The van der Waals surface area contributed by atoms with Crippen LogP contribution in [0.2, 0.25) is 10.1 Å². The lowest BCUT2D eigenvalue weighted by Crippen LogP contribution is -2.68. The molecular weight excluding hydrogens is 649 g/mol. The highest BCUT2D eigenvalue weighted by Crippen LogP contribution is 2.39. The predicted octanol–water partition coefficient (Wildman–Crippen LogP) is 8.00. The molecule has 1 saturated heterocycles. The van der Waals surface area contributed by atoms with Gasteiger partial charge in [0, 0.05) is 0 Å². The minimum absolute atomic E-state index is 0.0310. The highest BCUT2D eigenvalue weighted by molar-refractivity contribution is 7.00. The first-order valence-corrected chi connectivity index (χ1v) is 22.6. The van der Waals surface area contributed by atoms with Crippen molar-refractivity contribution in [1.82, 2.24) is 0 Å². The van der Waals surface area contributed by atoms with Crippen LogP contribution in [-0.4, -0.2) is 53.3 Å². The van der Waals surface area contributed by atoms with Crippen molar-refractivity contribution in [2.45, 2.75) is 115 Å². The zero-order chi connectivity index (χ0) is 35.7. The lowest BCUT2D eigenvalue weighted by Gasteiger charge is -2.45. The molecule has 1 heterocycles. The van der Waals surface area contributed by atoms with Gasteiger partial charge in [0.2, 0.25) is 0 Å². The smallest absolute Gasteiger partial charge is 0.261 e. The number of hydrogen-bond acceptors (Lipinski definition) is 4. The van der Waals surface area contributed by atoms with Crippen molar-refractivity contribution in [1.29, 1.82) is 0 Å². The number of aliphatic hydroxyl groups excluding tert-OH is 1. The Balaban J connectivity index is 1.16. The van der Waals surface area contributed by atoms with Crippen molar-refractivity contribution in [3.05, 3.63) is 121 Å². The van der Waals surface area contributed by atoms with Crippen LogP contribution in [0.3, 0.4) is 0 Å². The van der Waals surface area contributed by atoms with Crippen LogP contribution in [0.1, 0.15) is 86.5 Å². The van der Waals surface area contributed by atoms with Gasteiger partial charge in [0.05, 0.1) is 31.5 Å². The van der Waals surface area contributed by atoms with Gasteiger partial charge in [0.15, 0.2) is 0 Å². The Labute approximate surface area is 304 Å². The molecule has 5 rings (SSSR count). The van der Waals surface area contributed by atoms with Crippen molar-refractivity contribution >= 4 is 37.4 Å². The zero-order valence-corrected chi connectivity index (χ0v) is 33.3. The fourth-order valence-corrected chi connectivity index (χ4v) is 17.4. The standard InChI is InChI=1S/C44H60O4Si2/c1-43(2,3)49(39-24-14-8-15-25-39,40-26-16-9-17-27-40)46-35-38-33-32-36(47-38)22-12-7-13-23-37(34-45)48-50(44(4,5)6,41-28-18-10-19-29-41)42-30-20-11-21-31-42/h8-11,14-21,24-31,36-38,45H,7,12-13,22-23,32-35H2,1-6H3/t36-,37-,38+/m1/s1. The average Bonchev–Trinajstić information content (AvgIpc) is 3.58. The number of hydrogen-bond donors (Lipinski definition) is 1. The number of ether oxygens (including phenoxy) is 1. The third kappa shape index (κ3) is 8.60. The molecular formula is C44H60O4Si2. The average molecular weight is 709 g/mol. The predicted molar refractivity (Wildman–Crippen MR) is 214 cm³/mol. The number of aliphatic hydroxyl groups is 1. The van der Waals surface area contributed by atoms with Gasteiger partial charge >= 0.3 is 0 Å². The van der Waals surface area contributed by atoms with Crippen molar-refractivity contribution in [2.75, 3.05) is 13.2 Å². The summed E-state index contributed by atoms with van der Waals surface area (Å²) in [5, 5.41) is 15.6. The summed E-state index contributed by atoms with van der Waals surface area (Å²) in [6.07, 6.45) is 7.49. The second-order valence-electron chi connectivity index (χ2n) is 16.2. The lowest BCUT2D eigenvalue weighted by atomic mass is 10.1. The SMILES string of the molecule is CC(C)(C)[Si](OC[C@@H]1CC[C@@H](CCCCC[C@H](CO)O[Si](c2ccccc2)(c2ccccc2)C(C)(C)C)O1)(c1ccccc1)c1ccccc1. The number of rotatable bonds is 16. The largest absolute Gasteiger partial charge is 0.405 e. The molecule has 50 heavy (non-hydrogen) atoms. The Morgan fingerprint density at radius 1 is 0.600 bits per heavy atom. The van der Waals surface area contributed by atoms with Crippen LogP contribution in [0.4, 0.5) is 0 Å². The third-order valence-corrected chi connectivity index (χ3v) is 20.7. The summed E-state index contributed by atoms with van der Waals surface area (Å²) in [6, 6.07) is 43.2. The lowest BCUT2D eigenvalue weighted by molar-refractivity contribution is 0.0112. The minimum Gasteiger partial charge on any atom is -0.405 e. The molecule has 6 heteroatoms. The summed E-state index contributed by atoms with van der Waals surface area (Å²) in [6.45, 7) is 14.5. The van der Waals surface area contributed by atoms with Crippen molar-refractivity contribution < 1.29 is 18.7 Å². The van der Waals surface area contributed by atoms with E-state index in [0.717, 1.165) is 44.9 Å². The van der Waals surface area contributed by atoms with E-state index in [1.165, 1.54) is 20.7 Å². The molecule has 1 fully saturated rings. The Morgan fingerprint density at radius 2 is 1.02 bits per heavy atom. The molecule has 268 valence electrons. The molecule has 0 amide bonds. The van der Waals surface area contributed by atoms with Crippen molar-refractivity contribution in [3.8, 4) is 0 Å². The molecule has 0 spiro atoms. The normalized spacial score (nSPS) is 17.9. The summed E-state index contributed by atoms with van der Waals surface area (Å²) in [4.78, 5) is 0. The topological polar surface area (TPSA) is 47.9 Å². The van der Waals surface area contributed by atoms with Gasteiger partial charge in [-0.05, 0) is 56.5 Å². The Hall–Kier alpha value is -2.85. The molecule has 1 N–H and O–H groups in total. The maximum atomic E-state index is 10.6. The monoisotopic (exact) mass is 708 g/mol. The molecule has 3 atom stereocenters. The first kappa shape index (κ1) is 38.4. The van der Waals surface area contributed by atoms with Crippen LogP contribution in [0, 0.1) is 0 Å². The van der Waals surface area contributed by atoms with Crippen LogP contribution in [0.15, 0.2) is 121 Å². The van der Waals surface area contributed by atoms with Crippen LogP contribution in [0.5, 0.6) is 0 Å². The molecule has 1 aliphatic heterocycles. The van der Waals surface area contributed by atoms with Crippen LogP contribution < -0.4 is 20.7 Å². The molecule has 0 unspecified atom stereocenters.